The first-order valence-corrected chi connectivity index (χ1v) is 10.5. The Morgan fingerprint density at radius 2 is 2.10 bits per heavy atom. The maximum atomic E-state index is 12.8. The van der Waals surface area contributed by atoms with E-state index in [4.69, 9.17) is 0 Å². The molecule has 2 heterocycles. The van der Waals surface area contributed by atoms with Crippen LogP contribution in [0, 0.1) is 28.6 Å². The summed E-state index contributed by atoms with van der Waals surface area (Å²) < 4.78 is 0. The van der Waals surface area contributed by atoms with Gasteiger partial charge in [-0.1, -0.05) is 18.2 Å². The van der Waals surface area contributed by atoms with E-state index in [0.29, 0.717) is 25.1 Å². The molecule has 1 unspecified atom stereocenters. The second-order valence-corrected chi connectivity index (χ2v) is 8.23. The van der Waals surface area contributed by atoms with E-state index >= 15 is 0 Å². The minimum atomic E-state index is -0.357. The van der Waals surface area contributed by atoms with Crippen LogP contribution in [0.1, 0.15) is 24.8 Å². The number of benzene rings is 1. The number of likely N-dealkylation sites (tertiary alicyclic amines) is 1. The van der Waals surface area contributed by atoms with E-state index in [9.17, 15) is 15.3 Å². The van der Waals surface area contributed by atoms with Crippen LogP contribution in [0.5, 0.6) is 0 Å². The second-order valence-electron chi connectivity index (χ2n) is 8.23. The number of carbonyl (C=O) groups is 1. The van der Waals surface area contributed by atoms with E-state index in [1.165, 1.54) is 0 Å². The first-order chi connectivity index (χ1) is 15.2. The van der Waals surface area contributed by atoms with Gasteiger partial charge >= 0.3 is 0 Å². The molecule has 6 heteroatoms. The third-order valence-corrected chi connectivity index (χ3v) is 6.20. The number of nitrogens with zero attached hydrogens (tertiary/aromatic N) is 4. The Balaban J connectivity index is 1.29. The predicted molar refractivity (Wildman–Crippen MR) is 118 cm³/mol. The van der Waals surface area contributed by atoms with Gasteiger partial charge in [0.1, 0.15) is 0 Å². The van der Waals surface area contributed by atoms with E-state index in [0.717, 1.165) is 45.8 Å². The smallest absolute Gasteiger partial charge is 0.231 e. The molecule has 1 fully saturated rings. The highest BCUT2D eigenvalue weighted by molar-refractivity contribution is 5.84. The van der Waals surface area contributed by atoms with Crippen LogP contribution in [0.2, 0.25) is 0 Å². The molecule has 0 radical (unpaired) electrons. The Morgan fingerprint density at radius 1 is 1.23 bits per heavy atom. The van der Waals surface area contributed by atoms with Crippen molar-refractivity contribution in [3.63, 3.8) is 0 Å². The first kappa shape index (κ1) is 19.1. The van der Waals surface area contributed by atoms with Gasteiger partial charge in [0.2, 0.25) is 5.91 Å². The predicted octanol–water partition coefficient (Wildman–Crippen LogP) is 2.33. The van der Waals surface area contributed by atoms with Crippen molar-refractivity contribution in [3.05, 3.63) is 69.8 Å². The molecule has 31 heavy (non-hydrogen) atoms. The number of nitriles is 2. The van der Waals surface area contributed by atoms with E-state index in [1.807, 2.05) is 29.3 Å². The van der Waals surface area contributed by atoms with Gasteiger partial charge in [-0.3, -0.25) is 9.79 Å². The molecule has 5 rings (SSSR count). The van der Waals surface area contributed by atoms with Gasteiger partial charge in [0.15, 0.2) is 0 Å². The standard InChI is InChI=1S/C25H21N5O/c26-11-16-4-3-6-17(8-16)19-9-20-13-28-24(20)23(10-19)29-21-14-30(15-21)25(31)22-7-2-1-5-18(22)12-27/h1-2,5-6,8-10,13,21-22,29H,3-4,7,14-15H2. The molecule has 0 aromatic heterocycles. The molecule has 152 valence electrons. The average molecular weight is 407 g/mol. The minimum Gasteiger partial charge on any atom is -0.377 e. The molecule has 1 N–H and O–H groups in total. The Bertz CT molecular complexity index is 1290. The number of carbonyl (C=O) groups excluding carboxylic acids is 1. The highest BCUT2D eigenvalue weighted by Gasteiger charge is 2.36. The van der Waals surface area contributed by atoms with Gasteiger partial charge in [-0.05, 0) is 54.7 Å². The van der Waals surface area contributed by atoms with Crippen molar-refractivity contribution in [1.82, 2.24) is 4.90 Å². The molecule has 1 saturated heterocycles. The van der Waals surface area contributed by atoms with Crippen LogP contribution in [-0.4, -0.2) is 29.9 Å². The quantitative estimate of drug-likeness (QED) is 0.829. The monoisotopic (exact) mass is 407 g/mol. The molecular weight excluding hydrogens is 386 g/mol. The number of hydrogen-bond acceptors (Lipinski definition) is 5. The summed E-state index contributed by atoms with van der Waals surface area (Å²) in [5.41, 5.74) is 4.45. The molecule has 0 bridgehead atoms. The summed E-state index contributed by atoms with van der Waals surface area (Å²) in [6, 6.07) is 8.78. The maximum absolute atomic E-state index is 12.8. The van der Waals surface area contributed by atoms with Gasteiger partial charge < -0.3 is 10.2 Å². The molecule has 4 aliphatic rings. The van der Waals surface area contributed by atoms with E-state index in [-0.39, 0.29) is 17.9 Å². The Kier molecular flexibility index (Phi) is 4.76. The van der Waals surface area contributed by atoms with Crippen molar-refractivity contribution in [2.24, 2.45) is 10.9 Å². The summed E-state index contributed by atoms with van der Waals surface area (Å²) in [6.45, 7) is 1.23. The highest BCUT2D eigenvalue weighted by Crippen LogP contribution is 2.27. The van der Waals surface area contributed by atoms with Crippen molar-refractivity contribution in [3.8, 4) is 12.1 Å². The number of nitrogens with one attached hydrogen (secondary N) is 1. The van der Waals surface area contributed by atoms with E-state index < -0.39 is 0 Å². The molecule has 6 nitrogen and oxygen atoms in total. The van der Waals surface area contributed by atoms with Crippen molar-refractivity contribution in [2.75, 3.05) is 18.4 Å². The number of amides is 1. The number of anilines is 1. The lowest BCUT2D eigenvalue weighted by molar-refractivity contribution is -0.138. The van der Waals surface area contributed by atoms with E-state index in [2.05, 4.69) is 40.7 Å². The molecule has 2 aliphatic heterocycles. The van der Waals surface area contributed by atoms with E-state index in [1.54, 1.807) is 6.08 Å². The van der Waals surface area contributed by atoms with Gasteiger partial charge in [-0.2, -0.15) is 10.5 Å². The molecule has 0 spiro atoms. The summed E-state index contributed by atoms with van der Waals surface area (Å²) in [5, 5.41) is 24.1. The van der Waals surface area contributed by atoms with Crippen LogP contribution >= 0.6 is 0 Å². The molecule has 2 aliphatic carbocycles. The summed E-state index contributed by atoms with van der Waals surface area (Å²) >= 11 is 0. The molecule has 1 amide bonds. The van der Waals surface area contributed by atoms with Crippen LogP contribution in [0.4, 0.5) is 5.69 Å². The molecule has 1 atom stereocenters. The third-order valence-electron chi connectivity index (χ3n) is 6.20. The zero-order valence-corrected chi connectivity index (χ0v) is 17.0. The van der Waals surface area contributed by atoms with Crippen molar-refractivity contribution >= 4 is 23.4 Å². The summed E-state index contributed by atoms with van der Waals surface area (Å²) in [4.78, 5) is 19.0. The van der Waals surface area contributed by atoms with Gasteiger partial charge in [0.05, 0.1) is 35.1 Å². The number of allylic oxidation sites excluding steroid dienone is 7. The normalized spacial score (nSPS) is 21.4. The van der Waals surface area contributed by atoms with Crippen LogP contribution in [0.3, 0.4) is 0 Å². The summed E-state index contributed by atoms with van der Waals surface area (Å²) in [6.07, 6.45) is 13.8. The lowest BCUT2D eigenvalue weighted by Crippen LogP contribution is -2.59. The van der Waals surface area contributed by atoms with Gasteiger partial charge in [-0.25, -0.2) is 0 Å². The lowest BCUT2D eigenvalue weighted by atomic mass is 9.89. The molecule has 1 aromatic carbocycles. The first-order valence-electron chi connectivity index (χ1n) is 10.5. The summed E-state index contributed by atoms with van der Waals surface area (Å²) in [5.74, 6) is -0.333. The van der Waals surface area contributed by atoms with Crippen molar-refractivity contribution < 1.29 is 4.79 Å². The SMILES string of the molecule is N#CC1=CC(c2cc(NC3CN(C(=O)C4CC=CC=C4C#N)C3)c3c(c2)=CN=3)=CCC1. The average Bonchev–Trinajstić information content (AvgIpc) is 2.76. The van der Waals surface area contributed by atoms with Gasteiger partial charge in [0.25, 0.3) is 0 Å². The fourth-order valence-electron chi connectivity index (χ4n) is 4.40. The fourth-order valence-corrected chi connectivity index (χ4v) is 4.40. The van der Waals surface area contributed by atoms with Gasteiger partial charge in [0, 0.05) is 35.7 Å². The van der Waals surface area contributed by atoms with Crippen LogP contribution in [0.25, 0.3) is 11.8 Å². The van der Waals surface area contributed by atoms with Crippen LogP contribution in [0.15, 0.2) is 58.7 Å². The van der Waals surface area contributed by atoms with Crippen LogP contribution < -0.4 is 15.9 Å². The van der Waals surface area contributed by atoms with Gasteiger partial charge in [-0.15, -0.1) is 0 Å². The zero-order chi connectivity index (χ0) is 21.4. The molecule has 0 saturated carbocycles. The molecule has 1 aromatic rings. The third kappa shape index (κ3) is 3.47. The highest BCUT2D eigenvalue weighted by atomic mass is 16.2. The van der Waals surface area contributed by atoms with Crippen molar-refractivity contribution in [2.45, 2.75) is 25.3 Å². The Hall–Kier alpha value is -3.90. The zero-order valence-electron chi connectivity index (χ0n) is 17.0. The number of hydrogen-bond donors (Lipinski definition) is 1. The fraction of sp³-hybridized carbons (Fsp3) is 0.280. The molecular formula is C25H21N5O. The Labute approximate surface area is 180 Å². The van der Waals surface area contributed by atoms with Crippen molar-refractivity contribution in [1.29, 1.82) is 10.5 Å². The largest absolute Gasteiger partial charge is 0.377 e. The second kappa shape index (κ2) is 7.74. The topological polar surface area (TPSA) is 92.3 Å². The number of rotatable bonds is 4. The summed E-state index contributed by atoms with van der Waals surface area (Å²) in [7, 11) is 0. The minimum absolute atomic E-state index is 0.0245. The van der Waals surface area contributed by atoms with Crippen LogP contribution in [-0.2, 0) is 4.79 Å². The maximum Gasteiger partial charge on any atom is 0.231 e. The Morgan fingerprint density at radius 3 is 2.84 bits per heavy atom. The lowest BCUT2D eigenvalue weighted by Gasteiger charge is -2.42. The number of fused-ring (bicyclic) bond motifs is 1.